The number of carbonyl (C=O) groups is 2. The summed E-state index contributed by atoms with van der Waals surface area (Å²) in [5, 5.41) is 12.6. The van der Waals surface area contributed by atoms with E-state index in [1.807, 2.05) is 25.3 Å². The summed E-state index contributed by atoms with van der Waals surface area (Å²) in [5.74, 6) is -0.199. The molecule has 9 heteroatoms. The highest BCUT2D eigenvalue weighted by atomic mass is 16.2. The summed E-state index contributed by atoms with van der Waals surface area (Å²) in [6.07, 6.45) is 7.76. The van der Waals surface area contributed by atoms with Gasteiger partial charge in [0.1, 0.15) is 5.69 Å². The number of hydrogen-bond acceptors (Lipinski definition) is 4. The maximum atomic E-state index is 12.8. The molecule has 0 fully saturated rings. The van der Waals surface area contributed by atoms with E-state index in [1.54, 1.807) is 24.0 Å². The molecular formula is C47H45N7O2. The van der Waals surface area contributed by atoms with Crippen molar-refractivity contribution in [1.29, 1.82) is 0 Å². The second-order valence-corrected chi connectivity index (χ2v) is 14.5. The molecule has 4 aromatic heterocycles. The first kappa shape index (κ1) is 36.2. The number of aromatic amines is 2. The van der Waals surface area contributed by atoms with E-state index >= 15 is 0 Å². The van der Waals surface area contributed by atoms with E-state index in [9.17, 15) is 9.59 Å². The summed E-state index contributed by atoms with van der Waals surface area (Å²) < 4.78 is 1.62. The molecule has 8 aromatic rings. The lowest BCUT2D eigenvalue weighted by Crippen LogP contribution is -2.26. The van der Waals surface area contributed by atoms with Gasteiger partial charge in [0.15, 0.2) is 0 Å². The number of benzene rings is 4. The van der Waals surface area contributed by atoms with Crippen molar-refractivity contribution in [1.82, 2.24) is 35.4 Å². The third-order valence-corrected chi connectivity index (χ3v) is 10.4. The van der Waals surface area contributed by atoms with Gasteiger partial charge in [-0.3, -0.25) is 19.3 Å². The number of aryl methyl sites for hydroxylation is 4. The predicted octanol–water partition coefficient (Wildman–Crippen LogP) is 8.74. The van der Waals surface area contributed by atoms with Gasteiger partial charge in [-0.2, -0.15) is 5.10 Å². The highest BCUT2D eigenvalue weighted by Crippen LogP contribution is 2.27. The molecule has 280 valence electrons. The molecule has 2 amide bonds. The average Bonchev–Trinajstić information content (AvgIpc) is 3.95. The van der Waals surface area contributed by atoms with E-state index in [-0.39, 0.29) is 11.8 Å². The molecule has 0 spiro atoms. The maximum absolute atomic E-state index is 12.8. The second-order valence-electron chi connectivity index (χ2n) is 14.5. The number of rotatable bonds is 14. The molecule has 0 atom stereocenters. The third kappa shape index (κ3) is 8.47. The van der Waals surface area contributed by atoms with E-state index < -0.39 is 0 Å². The molecule has 0 bridgehead atoms. The lowest BCUT2D eigenvalue weighted by Gasteiger charge is -2.07. The van der Waals surface area contributed by atoms with Crippen LogP contribution in [0, 0.1) is 6.92 Å². The van der Waals surface area contributed by atoms with E-state index in [0.717, 1.165) is 70.3 Å². The van der Waals surface area contributed by atoms with Crippen molar-refractivity contribution in [2.24, 2.45) is 7.05 Å². The Bertz CT molecular complexity index is 2610. The zero-order valence-corrected chi connectivity index (χ0v) is 31.7. The minimum Gasteiger partial charge on any atom is -0.361 e. The van der Waals surface area contributed by atoms with Gasteiger partial charge in [-0.05, 0) is 126 Å². The quantitative estimate of drug-likeness (QED) is 0.0834. The largest absolute Gasteiger partial charge is 0.361 e. The van der Waals surface area contributed by atoms with Crippen molar-refractivity contribution in [2.75, 3.05) is 13.1 Å². The predicted molar refractivity (Wildman–Crippen MR) is 224 cm³/mol. The number of pyridine rings is 1. The van der Waals surface area contributed by atoms with Crippen LogP contribution in [0.1, 0.15) is 61.9 Å². The summed E-state index contributed by atoms with van der Waals surface area (Å²) in [6, 6.07) is 40.1. The van der Waals surface area contributed by atoms with Gasteiger partial charge in [0.2, 0.25) is 0 Å². The van der Waals surface area contributed by atoms with Crippen LogP contribution in [0.2, 0.25) is 0 Å². The third-order valence-electron chi connectivity index (χ3n) is 10.4. The Morgan fingerprint density at radius 3 is 1.91 bits per heavy atom. The Labute approximate surface area is 326 Å². The van der Waals surface area contributed by atoms with Crippen LogP contribution in [0.5, 0.6) is 0 Å². The van der Waals surface area contributed by atoms with Crippen molar-refractivity contribution in [3.05, 3.63) is 167 Å². The zero-order chi connectivity index (χ0) is 38.4. The van der Waals surface area contributed by atoms with Crippen molar-refractivity contribution in [3.8, 4) is 22.3 Å². The van der Waals surface area contributed by atoms with Crippen molar-refractivity contribution in [3.63, 3.8) is 0 Å². The fourth-order valence-electron chi connectivity index (χ4n) is 7.29. The number of amides is 2. The molecular weight excluding hydrogens is 695 g/mol. The molecule has 0 saturated heterocycles. The summed E-state index contributed by atoms with van der Waals surface area (Å²) in [4.78, 5) is 36.7. The van der Waals surface area contributed by atoms with Crippen LogP contribution in [0.15, 0.2) is 128 Å². The Balaban J connectivity index is 0.782. The summed E-state index contributed by atoms with van der Waals surface area (Å²) in [7, 11) is 1.79. The normalized spacial score (nSPS) is 11.3. The van der Waals surface area contributed by atoms with Crippen LogP contribution in [-0.2, 0) is 26.3 Å². The number of hydrogen-bond donors (Lipinski definition) is 4. The smallest absolute Gasteiger partial charge is 0.269 e. The van der Waals surface area contributed by atoms with Crippen LogP contribution in [0.25, 0.3) is 44.1 Å². The van der Waals surface area contributed by atoms with Gasteiger partial charge in [0.25, 0.3) is 11.8 Å². The van der Waals surface area contributed by atoms with Crippen LogP contribution in [0.4, 0.5) is 0 Å². The summed E-state index contributed by atoms with van der Waals surface area (Å²) in [5.41, 5.74) is 13.4. The maximum Gasteiger partial charge on any atom is 0.269 e. The highest BCUT2D eigenvalue weighted by molar-refractivity contribution is 5.94. The lowest BCUT2D eigenvalue weighted by molar-refractivity contribution is 0.0939. The fourth-order valence-corrected chi connectivity index (χ4v) is 7.29. The lowest BCUT2D eigenvalue weighted by atomic mass is 10.0. The van der Waals surface area contributed by atoms with Crippen molar-refractivity contribution in [2.45, 2.75) is 39.0 Å². The Kier molecular flexibility index (Phi) is 10.6. The van der Waals surface area contributed by atoms with Crippen LogP contribution in [0.3, 0.4) is 0 Å². The van der Waals surface area contributed by atoms with Gasteiger partial charge in [0, 0.05) is 66.8 Å². The first-order valence-electron chi connectivity index (χ1n) is 19.2. The minimum absolute atomic E-state index is 0.0935. The molecule has 0 saturated carbocycles. The first-order valence-corrected chi connectivity index (χ1v) is 19.2. The molecule has 0 radical (unpaired) electrons. The van der Waals surface area contributed by atoms with Gasteiger partial charge in [-0.1, -0.05) is 60.7 Å². The van der Waals surface area contributed by atoms with E-state index in [4.69, 9.17) is 0 Å². The molecule has 8 rings (SSSR count). The molecule has 0 aliphatic carbocycles. The van der Waals surface area contributed by atoms with Gasteiger partial charge in [-0.15, -0.1) is 0 Å². The van der Waals surface area contributed by atoms with Crippen LogP contribution >= 0.6 is 0 Å². The molecule has 56 heavy (non-hydrogen) atoms. The second kappa shape index (κ2) is 16.3. The zero-order valence-electron chi connectivity index (χ0n) is 31.7. The van der Waals surface area contributed by atoms with Crippen molar-refractivity contribution < 1.29 is 9.59 Å². The number of H-pyrrole nitrogens is 2. The average molecular weight is 740 g/mol. The summed E-state index contributed by atoms with van der Waals surface area (Å²) >= 11 is 0. The van der Waals surface area contributed by atoms with Crippen molar-refractivity contribution >= 4 is 33.6 Å². The van der Waals surface area contributed by atoms with Gasteiger partial charge < -0.3 is 20.6 Å². The summed E-state index contributed by atoms with van der Waals surface area (Å²) in [6.45, 7) is 3.09. The molecule has 9 nitrogen and oxygen atoms in total. The topological polar surface area (TPSA) is 120 Å². The molecule has 4 aromatic carbocycles. The van der Waals surface area contributed by atoms with E-state index in [2.05, 4.69) is 128 Å². The number of nitrogens with zero attached hydrogens (tertiary/aromatic N) is 3. The molecule has 4 heterocycles. The Morgan fingerprint density at radius 1 is 0.661 bits per heavy atom. The molecule has 0 aliphatic heterocycles. The van der Waals surface area contributed by atoms with Crippen LogP contribution in [-0.4, -0.2) is 49.6 Å². The standard InChI is InChI=1S/C47H45N7O2/c1-31-25-45(54(2)53-31)47(56)50-23-4-6-33-9-13-35(14-10-33)37-17-20-44-40(27-37)28-42(52-44)29-41-18-15-39(30-51-41)46(55)49-22-3-5-32-7-11-34(12-8-32)36-16-19-43-38(26-36)21-24-48-43/h7-21,24-28,30,48,52H,3-6,22-23,29H2,1-2H3,(H,49,55)(H,50,56). The number of aromatic nitrogens is 5. The Hall–Kier alpha value is -6.74. The van der Waals surface area contributed by atoms with Crippen LogP contribution < -0.4 is 10.6 Å². The molecule has 4 N–H and O–H groups in total. The fraction of sp³-hybridized carbons (Fsp3) is 0.191. The molecule has 0 unspecified atom stereocenters. The highest BCUT2D eigenvalue weighted by Gasteiger charge is 2.12. The van der Waals surface area contributed by atoms with Gasteiger partial charge >= 0.3 is 0 Å². The van der Waals surface area contributed by atoms with Gasteiger partial charge in [-0.25, -0.2) is 0 Å². The minimum atomic E-state index is -0.106. The SMILES string of the molecule is Cc1cc(C(=O)NCCCc2ccc(-c3ccc4[nH]c(Cc5ccc(C(=O)NCCCc6ccc(-c7ccc8[nH]ccc8c7)cc6)cn5)cc4c3)cc2)n(C)n1. The van der Waals surface area contributed by atoms with E-state index in [1.165, 1.54) is 27.6 Å². The number of carbonyl (C=O) groups excluding carboxylic acids is 2. The number of fused-ring (bicyclic) bond motifs is 2. The first-order chi connectivity index (χ1) is 27.3. The van der Waals surface area contributed by atoms with E-state index in [0.29, 0.717) is 30.8 Å². The number of nitrogens with one attached hydrogen (secondary N) is 4. The monoisotopic (exact) mass is 739 g/mol. The van der Waals surface area contributed by atoms with Gasteiger partial charge in [0.05, 0.1) is 11.3 Å². The Morgan fingerprint density at radius 2 is 1.29 bits per heavy atom. The molecule has 0 aliphatic rings.